The molecule has 0 radical (unpaired) electrons. The number of likely N-dealkylation sites (tertiary alicyclic amines) is 1. The molecule has 8 nitrogen and oxygen atoms in total. The zero-order valence-electron chi connectivity index (χ0n) is 19.4. The number of nitrogens with one attached hydrogen (secondary N) is 1. The van der Waals surface area contributed by atoms with Crippen molar-refractivity contribution < 1.29 is 4.79 Å². The van der Waals surface area contributed by atoms with Gasteiger partial charge in [-0.2, -0.15) is 0 Å². The monoisotopic (exact) mass is 518 g/mol. The average molecular weight is 519 g/mol. The first-order valence-corrected chi connectivity index (χ1v) is 12.8. The first-order valence-electron chi connectivity index (χ1n) is 11.6. The van der Waals surface area contributed by atoms with Gasteiger partial charge in [-0.05, 0) is 50.3 Å². The van der Waals surface area contributed by atoms with Crippen LogP contribution in [-0.2, 0) is 0 Å². The maximum absolute atomic E-state index is 13.3. The van der Waals surface area contributed by atoms with Gasteiger partial charge in [0.15, 0.2) is 5.82 Å². The second kappa shape index (κ2) is 8.77. The highest BCUT2D eigenvalue weighted by molar-refractivity contribution is 7.20. The lowest BCUT2D eigenvalue weighted by Crippen LogP contribution is -2.36. The summed E-state index contributed by atoms with van der Waals surface area (Å²) >= 11 is 8.18. The van der Waals surface area contributed by atoms with Crippen molar-refractivity contribution in [2.45, 2.75) is 12.5 Å². The number of para-hydroxylation sites is 1. The summed E-state index contributed by atoms with van der Waals surface area (Å²) in [5.41, 5.74) is 8.24. The summed E-state index contributed by atoms with van der Waals surface area (Å²) in [6.45, 7) is 1.75. The van der Waals surface area contributed by atoms with E-state index in [4.69, 9.17) is 17.3 Å². The second-order valence-electron chi connectivity index (χ2n) is 9.02. The van der Waals surface area contributed by atoms with Crippen LogP contribution in [0.3, 0.4) is 0 Å². The number of nitrogen functional groups attached to an aromatic ring is 1. The third kappa shape index (κ3) is 3.76. The van der Waals surface area contributed by atoms with Crippen LogP contribution >= 0.6 is 22.9 Å². The molecule has 0 spiro atoms. The molecule has 1 fully saturated rings. The van der Waals surface area contributed by atoms with Gasteiger partial charge in [0.2, 0.25) is 0 Å². The van der Waals surface area contributed by atoms with Crippen LogP contribution in [0.5, 0.6) is 0 Å². The second-order valence-corrected chi connectivity index (χ2v) is 10.4. The molecule has 0 unspecified atom stereocenters. The molecule has 2 aromatic carbocycles. The fourth-order valence-corrected chi connectivity index (χ4v) is 6.08. The van der Waals surface area contributed by atoms with Gasteiger partial charge in [-0.1, -0.05) is 35.9 Å². The minimum Gasteiger partial charge on any atom is -0.379 e. The number of halogens is 1. The van der Waals surface area contributed by atoms with Gasteiger partial charge in [0.25, 0.3) is 11.5 Å². The molecule has 1 saturated heterocycles. The predicted octanol–water partition coefficient (Wildman–Crippen LogP) is 4.06. The lowest BCUT2D eigenvalue weighted by molar-refractivity contribution is 0.0942. The number of amides is 1. The lowest BCUT2D eigenvalue weighted by atomic mass is 10.2. The normalized spacial score (nSPS) is 16.2. The van der Waals surface area contributed by atoms with E-state index in [9.17, 15) is 9.59 Å². The summed E-state index contributed by atoms with van der Waals surface area (Å²) in [6, 6.07) is 17.3. The minimum absolute atomic E-state index is 0.0931. The van der Waals surface area contributed by atoms with Gasteiger partial charge >= 0.3 is 0 Å². The Morgan fingerprint density at radius 1 is 1.19 bits per heavy atom. The van der Waals surface area contributed by atoms with Crippen molar-refractivity contribution in [3.8, 4) is 11.4 Å². The molecule has 1 aliphatic rings. The fourth-order valence-electron chi connectivity index (χ4n) is 4.81. The summed E-state index contributed by atoms with van der Waals surface area (Å²) in [6.07, 6.45) is 2.85. The number of nitrogens with two attached hydrogens (primary N) is 1. The summed E-state index contributed by atoms with van der Waals surface area (Å²) in [5.74, 6) is -0.335. The number of fused-ring (bicyclic) bond motifs is 2. The molecule has 3 N–H and O–H groups in total. The van der Waals surface area contributed by atoms with E-state index in [1.165, 1.54) is 15.9 Å². The van der Waals surface area contributed by atoms with E-state index >= 15 is 0 Å². The van der Waals surface area contributed by atoms with Crippen molar-refractivity contribution in [1.82, 2.24) is 24.3 Å². The molecule has 3 aromatic heterocycles. The summed E-state index contributed by atoms with van der Waals surface area (Å²) in [5, 5.41) is 4.43. The van der Waals surface area contributed by atoms with Gasteiger partial charge in [0, 0.05) is 29.9 Å². The standard InChI is InChI=1S/C26H23ClN6O2S/c1-31-11-10-16(14-31)29-24(34)20-13-19-25(36-20)30-23(28)26(35)33(19)18-8-7-15-9-12-32(22(15)21(18)27)17-5-3-2-4-6-17/h2-9,12-13,16H,10-11,14H2,1H3,(H2,28,30)(H,29,34)/t16-/m1/s1. The summed E-state index contributed by atoms with van der Waals surface area (Å²) in [7, 11) is 2.03. The number of carbonyl (C=O) groups excluding carboxylic acids is 1. The van der Waals surface area contributed by atoms with E-state index in [-0.39, 0.29) is 17.8 Å². The van der Waals surface area contributed by atoms with Crippen LogP contribution in [-0.4, -0.2) is 51.1 Å². The third-order valence-electron chi connectivity index (χ3n) is 6.58. The third-order valence-corrected chi connectivity index (χ3v) is 7.96. The number of hydrogen-bond acceptors (Lipinski definition) is 6. The number of benzene rings is 2. The van der Waals surface area contributed by atoms with Gasteiger partial charge in [-0.3, -0.25) is 14.2 Å². The molecule has 0 aliphatic carbocycles. The molecular formula is C26H23ClN6O2S. The summed E-state index contributed by atoms with van der Waals surface area (Å²) in [4.78, 5) is 33.7. The number of nitrogens with zero attached hydrogens (tertiary/aromatic N) is 4. The smallest absolute Gasteiger partial charge is 0.298 e. The number of anilines is 1. The van der Waals surface area contributed by atoms with E-state index in [1.807, 2.05) is 60.3 Å². The molecule has 5 aromatic rings. The molecule has 182 valence electrons. The van der Waals surface area contributed by atoms with E-state index in [2.05, 4.69) is 15.2 Å². The Hall–Kier alpha value is -3.66. The Kier molecular flexibility index (Phi) is 5.55. The van der Waals surface area contributed by atoms with E-state index < -0.39 is 5.56 Å². The van der Waals surface area contributed by atoms with Crippen LogP contribution in [0.4, 0.5) is 5.82 Å². The van der Waals surface area contributed by atoms with Crippen LogP contribution in [0.15, 0.2) is 65.6 Å². The molecule has 0 saturated carbocycles. The van der Waals surface area contributed by atoms with Crippen molar-refractivity contribution in [3.05, 3.63) is 81.0 Å². The predicted molar refractivity (Wildman–Crippen MR) is 145 cm³/mol. The largest absolute Gasteiger partial charge is 0.379 e. The van der Waals surface area contributed by atoms with Gasteiger partial charge in [-0.25, -0.2) is 4.98 Å². The highest BCUT2D eigenvalue weighted by atomic mass is 35.5. The molecule has 1 aliphatic heterocycles. The Morgan fingerprint density at radius 2 is 2.00 bits per heavy atom. The highest BCUT2D eigenvalue weighted by Gasteiger charge is 2.24. The number of rotatable bonds is 4. The zero-order valence-corrected chi connectivity index (χ0v) is 21.0. The van der Waals surface area contributed by atoms with Crippen molar-refractivity contribution in [2.75, 3.05) is 25.9 Å². The van der Waals surface area contributed by atoms with E-state index in [0.717, 1.165) is 36.1 Å². The Labute approximate surface area is 215 Å². The Balaban J connectivity index is 1.49. The van der Waals surface area contributed by atoms with Crippen molar-refractivity contribution in [2.24, 2.45) is 0 Å². The topological polar surface area (TPSA) is 98.2 Å². The molecule has 36 heavy (non-hydrogen) atoms. The van der Waals surface area contributed by atoms with Crippen LogP contribution in [0.1, 0.15) is 16.1 Å². The first kappa shape index (κ1) is 22.8. The molecule has 1 amide bonds. The van der Waals surface area contributed by atoms with E-state index in [1.54, 1.807) is 12.1 Å². The molecule has 1 atom stereocenters. The van der Waals surface area contributed by atoms with Gasteiger partial charge in [0.05, 0.1) is 26.6 Å². The first-order chi connectivity index (χ1) is 17.4. The van der Waals surface area contributed by atoms with Crippen molar-refractivity contribution in [1.29, 1.82) is 0 Å². The Morgan fingerprint density at radius 3 is 2.75 bits per heavy atom. The maximum atomic E-state index is 13.3. The molecule has 4 heterocycles. The Bertz CT molecular complexity index is 1690. The van der Waals surface area contributed by atoms with E-state index in [0.29, 0.717) is 25.9 Å². The quantitative estimate of drug-likeness (QED) is 0.374. The molecule has 6 rings (SSSR count). The number of thiophene rings is 1. The van der Waals surface area contributed by atoms with Crippen LogP contribution < -0.4 is 16.6 Å². The highest BCUT2D eigenvalue weighted by Crippen LogP contribution is 2.34. The maximum Gasteiger partial charge on any atom is 0.298 e. The molecule has 0 bridgehead atoms. The average Bonchev–Trinajstić information content (AvgIpc) is 3.60. The van der Waals surface area contributed by atoms with Crippen molar-refractivity contribution in [3.63, 3.8) is 0 Å². The summed E-state index contributed by atoms with van der Waals surface area (Å²) < 4.78 is 3.44. The molecule has 10 heteroatoms. The van der Waals surface area contributed by atoms with Crippen LogP contribution in [0, 0.1) is 0 Å². The van der Waals surface area contributed by atoms with Crippen LogP contribution in [0.2, 0.25) is 5.02 Å². The number of aromatic nitrogens is 3. The fraction of sp³-hybridized carbons (Fsp3) is 0.192. The number of likely N-dealkylation sites (N-methyl/N-ethyl adjacent to an activating group) is 1. The number of hydrogen-bond donors (Lipinski definition) is 2. The van der Waals surface area contributed by atoms with Gasteiger partial charge in [0.1, 0.15) is 4.83 Å². The molecular weight excluding hydrogens is 496 g/mol. The SMILES string of the molecule is CN1CC[C@@H](NC(=O)c2cc3c(nc(N)c(=O)n3-c3ccc4ccn(-c5ccccc5)c4c3Cl)s2)C1. The van der Waals surface area contributed by atoms with Crippen molar-refractivity contribution >= 4 is 55.9 Å². The van der Waals surface area contributed by atoms with Gasteiger partial charge < -0.3 is 20.5 Å². The number of carbonyl (C=O) groups is 1. The zero-order chi connectivity index (χ0) is 25.0. The van der Waals surface area contributed by atoms with Crippen LogP contribution in [0.25, 0.3) is 32.6 Å². The minimum atomic E-state index is -0.483. The lowest BCUT2D eigenvalue weighted by Gasteiger charge is -2.13. The van der Waals surface area contributed by atoms with Gasteiger partial charge in [-0.15, -0.1) is 11.3 Å².